The molecule has 32 heavy (non-hydrogen) atoms. The Morgan fingerprint density at radius 2 is 1.88 bits per heavy atom. The molecule has 2 aromatic rings. The highest BCUT2D eigenvalue weighted by molar-refractivity contribution is 5.51. The Hall–Kier alpha value is -2.84. The van der Waals surface area contributed by atoms with Gasteiger partial charge in [-0.2, -0.15) is 0 Å². The quantitative estimate of drug-likeness (QED) is 0.535. The van der Waals surface area contributed by atoms with Gasteiger partial charge >= 0.3 is 0 Å². The van der Waals surface area contributed by atoms with E-state index in [1.165, 1.54) is 51.3 Å². The lowest BCUT2D eigenvalue weighted by molar-refractivity contribution is -0.109. The number of ether oxygens (including phenoxy) is 1. The second-order valence-electron chi connectivity index (χ2n) is 9.50. The van der Waals surface area contributed by atoms with Crippen LogP contribution in [0.3, 0.4) is 0 Å². The number of rotatable bonds is 5. The van der Waals surface area contributed by atoms with Crippen LogP contribution in [0.2, 0.25) is 0 Å². The van der Waals surface area contributed by atoms with Crippen LogP contribution in [0.25, 0.3) is 0 Å². The van der Waals surface area contributed by atoms with Gasteiger partial charge in [0, 0.05) is 36.3 Å². The van der Waals surface area contributed by atoms with E-state index in [9.17, 15) is 9.59 Å². The van der Waals surface area contributed by atoms with Gasteiger partial charge in [-0.1, -0.05) is 30.4 Å². The first-order chi connectivity index (χ1) is 15.5. The minimum absolute atomic E-state index is 0.0494. The molecule has 3 aliphatic rings. The maximum absolute atomic E-state index is 12.3. The molecule has 5 nitrogen and oxygen atoms in total. The molecule has 2 saturated carbocycles. The monoisotopic (exact) mass is 432 g/mol. The molecule has 5 rings (SSSR count). The molecule has 1 aromatic heterocycles. The molecule has 0 atom stereocenters. The number of aromatic nitrogens is 1. The van der Waals surface area contributed by atoms with Gasteiger partial charge in [-0.3, -0.25) is 9.59 Å². The standard InChI is InChI=1S/C20H19NO3.C7H13N/c1-15-12-19(24-11-10-22)13-20(23)21(15)14-18-8-6-17(7-9-18)5-4-16-2-3-16;1-8-5-7(6-8)3-2-4-7/h6-10,12-13,16H,2-3,11,14H2,1H3;2-6H2,1H3. The first kappa shape index (κ1) is 22.4. The molecular formula is C27H32N2O3. The molecule has 0 N–H and O–H groups in total. The van der Waals surface area contributed by atoms with Crippen molar-refractivity contribution in [3.05, 3.63) is 63.6 Å². The molecule has 0 amide bonds. The van der Waals surface area contributed by atoms with Crippen LogP contribution in [0.5, 0.6) is 5.75 Å². The number of likely N-dealkylation sites (tertiary alicyclic amines) is 1. The van der Waals surface area contributed by atoms with Crippen molar-refractivity contribution >= 4 is 6.29 Å². The van der Waals surface area contributed by atoms with Crippen LogP contribution in [-0.2, 0) is 11.3 Å². The zero-order valence-electron chi connectivity index (χ0n) is 19.1. The smallest absolute Gasteiger partial charge is 0.254 e. The summed E-state index contributed by atoms with van der Waals surface area (Å²) in [7, 11) is 2.21. The van der Waals surface area contributed by atoms with Crippen molar-refractivity contribution in [3.8, 4) is 17.6 Å². The molecule has 2 heterocycles. The highest BCUT2D eigenvalue weighted by atomic mass is 16.5. The van der Waals surface area contributed by atoms with Gasteiger partial charge in [0.2, 0.25) is 0 Å². The van der Waals surface area contributed by atoms with Gasteiger partial charge in [0.1, 0.15) is 12.4 Å². The number of carbonyl (C=O) groups is 1. The van der Waals surface area contributed by atoms with Gasteiger partial charge in [0.15, 0.2) is 6.29 Å². The largest absolute Gasteiger partial charge is 0.486 e. The normalized spacial score (nSPS) is 18.3. The minimum Gasteiger partial charge on any atom is -0.486 e. The van der Waals surface area contributed by atoms with Crippen molar-refractivity contribution in [2.45, 2.75) is 45.6 Å². The van der Waals surface area contributed by atoms with Gasteiger partial charge in [-0.05, 0) is 68.8 Å². The number of carbonyl (C=O) groups excluding carboxylic acids is 1. The highest BCUT2D eigenvalue weighted by Gasteiger charge is 2.45. The minimum atomic E-state index is -0.145. The van der Waals surface area contributed by atoms with E-state index >= 15 is 0 Å². The number of aldehydes is 1. The summed E-state index contributed by atoms with van der Waals surface area (Å²) in [5.41, 5.74) is 3.54. The van der Waals surface area contributed by atoms with E-state index in [0.29, 0.717) is 24.5 Å². The fourth-order valence-electron chi connectivity index (χ4n) is 4.50. The summed E-state index contributed by atoms with van der Waals surface area (Å²) in [4.78, 5) is 25.0. The first-order valence-corrected chi connectivity index (χ1v) is 11.5. The van der Waals surface area contributed by atoms with E-state index in [1.807, 2.05) is 31.2 Å². The third-order valence-corrected chi connectivity index (χ3v) is 6.54. The predicted molar refractivity (Wildman–Crippen MR) is 126 cm³/mol. The van der Waals surface area contributed by atoms with E-state index in [4.69, 9.17) is 4.74 Å². The molecule has 1 aromatic carbocycles. The van der Waals surface area contributed by atoms with E-state index in [0.717, 1.165) is 22.2 Å². The van der Waals surface area contributed by atoms with Crippen LogP contribution >= 0.6 is 0 Å². The average molecular weight is 433 g/mol. The summed E-state index contributed by atoms with van der Waals surface area (Å²) in [5, 5.41) is 0. The van der Waals surface area contributed by atoms with Gasteiger partial charge in [0.25, 0.3) is 5.56 Å². The van der Waals surface area contributed by atoms with Crippen LogP contribution in [0.15, 0.2) is 41.2 Å². The molecular weight excluding hydrogens is 400 g/mol. The van der Waals surface area contributed by atoms with Crippen molar-refractivity contribution in [2.75, 3.05) is 26.7 Å². The Kier molecular flexibility index (Phi) is 6.81. The van der Waals surface area contributed by atoms with E-state index in [-0.39, 0.29) is 12.2 Å². The molecule has 1 saturated heterocycles. The maximum Gasteiger partial charge on any atom is 0.254 e. The third-order valence-electron chi connectivity index (χ3n) is 6.54. The third kappa shape index (κ3) is 5.69. The van der Waals surface area contributed by atoms with Crippen LogP contribution in [-0.4, -0.2) is 42.5 Å². The molecule has 168 valence electrons. The fraction of sp³-hybridized carbons (Fsp3) is 0.481. The number of hydrogen-bond acceptors (Lipinski definition) is 4. The summed E-state index contributed by atoms with van der Waals surface area (Å²) in [6.45, 7) is 5.06. The molecule has 1 spiro atoms. The van der Waals surface area contributed by atoms with Crippen LogP contribution in [0.1, 0.15) is 48.9 Å². The molecule has 0 unspecified atom stereocenters. The Morgan fingerprint density at radius 1 is 1.16 bits per heavy atom. The maximum atomic E-state index is 12.3. The lowest BCUT2D eigenvalue weighted by Gasteiger charge is -2.54. The van der Waals surface area contributed by atoms with Gasteiger partial charge in [-0.15, -0.1) is 0 Å². The second kappa shape index (κ2) is 9.75. The van der Waals surface area contributed by atoms with Crippen molar-refractivity contribution in [1.29, 1.82) is 0 Å². The summed E-state index contributed by atoms with van der Waals surface area (Å²) in [6.07, 6.45) is 7.62. The second-order valence-corrected chi connectivity index (χ2v) is 9.50. The molecule has 0 bridgehead atoms. The van der Waals surface area contributed by atoms with Crippen LogP contribution in [0, 0.1) is 30.1 Å². The topological polar surface area (TPSA) is 51.5 Å². The Bertz CT molecular complexity index is 1060. The van der Waals surface area contributed by atoms with E-state index < -0.39 is 0 Å². The Labute approximate surface area is 190 Å². The van der Waals surface area contributed by atoms with Crippen LogP contribution < -0.4 is 10.3 Å². The lowest BCUT2D eigenvalue weighted by Crippen LogP contribution is -2.57. The number of benzene rings is 1. The molecule has 3 fully saturated rings. The van der Waals surface area contributed by atoms with E-state index in [2.05, 4.69) is 23.8 Å². The SMILES string of the molecule is CN1CC2(CCC2)C1.Cc1cc(OCC=O)cc(=O)n1Cc1ccc(C#CC2CC2)cc1. The Balaban J connectivity index is 0.000000254. The zero-order valence-corrected chi connectivity index (χ0v) is 19.1. The first-order valence-electron chi connectivity index (χ1n) is 11.5. The van der Waals surface area contributed by atoms with Gasteiger partial charge < -0.3 is 14.2 Å². The molecule has 0 radical (unpaired) electrons. The summed E-state index contributed by atoms with van der Waals surface area (Å²) < 4.78 is 6.87. The van der Waals surface area contributed by atoms with Crippen molar-refractivity contribution in [3.63, 3.8) is 0 Å². The highest BCUT2D eigenvalue weighted by Crippen LogP contribution is 2.47. The summed E-state index contributed by atoms with van der Waals surface area (Å²) in [5.74, 6) is 7.43. The number of aryl methyl sites for hydroxylation is 1. The zero-order chi connectivity index (χ0) is 22.6. The van der Waals surface area contributed by atoms with Crippen molar-refractivity contribution in [2.24, 2.45) is 11.3 Å². The summed E-state index contributed by atoms with van der Waals surface area (Å²) in [6, 6.07) is 11.2. The number of hydrogen-bond donors (Lipinski definition) is 0. The average Bonchev–Trinajstić information content (AvgIpc) is 3.55. The fourth-order valence-corrected chi connectivity index (χ4v) is 4.50. The van der Waals surface area contributed by atoms with Crippen molar-refractivity contribution in [1.82, 2.24) is 9.47 Å². The summed E-state index contributed by atoms with van der Waals surface area (Å²) >= 11 is 0. The molecule has 2 aliphatic carbocycles. The number of nitrogens with zero attached hydrogens (tertiary/aromatic N) is 2. The Morgan fingerprint density at radius 3 is 2.38 bits per heavy atom. The van der Waals surface area contributed by atoms with Crippen molar-refractivity contribution < 1.29 is 9.53 Å². The predicted octanol–water partition coefficient (Wildman–Crippen LogP) is 3.65. The van der Waals surface area contributed by atoms with Gasteiger partial charge in [-0.25, -0.2) is 0 Å². The number of pyridine rings is 1. The van der Waals surface area contributed by atoms with Gasteiger partial charge in [0.05, 0.1) is 6.54 Å². The molecule has 5 heteroatoms. The van der Waals surface area contributed by atoms with E-state index in [1.54, 1.807) is 10.6 Å². The lowest BCUT2D eigenvalue weighted by atomic mass is 9.64. The molecule has 1 aliphatic heterocycles. The van der Waals surface area contributed by atoms with Crippen LogP contribution in [0.4, 0.5) is 0 Å².